The maximum Gasteiger partial charge on any atom is -1.00 e. The zero-order valence-corrected chi connectivity index (χ0v) is 24.6. The first kappa shape index (κ1) is 27.2. The molecule has 1 aliphatic heterocycles. The molecule has 4 rings (SSSR count). The molecule has 0 aromatic heterocycles. The van der Waals surface area contributed by atoms with Gasteiger partial charge in [-0.15, -0.1) is 0 Å². The number of phenols is 2. The molecule has 4 nitrogen and oxygen atoms in total. The molecular formula is C28H38CrIN2O2+. The van der Waals surface area contributed by atoms with Gasteiger partial charge in [0.05, 0.1) is 0 Å². The standard InChI is InChI=1S/C28H38N2O2.Cr.HI/c1-27(2,3)21-13-9-11-19(25(21)31)17-29-23-15-7-8-16-24(23)30-18-20-12-10-14-22(26(20)32)28(4,5)6;;/h9-14,17-18,23-24,31-32H,7-8,15-16H2,1-6H3;;1H/q;+2;/p-1/t23-,24-;;/m1../s1. The summed E-state index contributed by atoms with van der Waals surface area (Å²) in [7, 11) is 0. The normalized spacial score (nSPS) is 23.1. The van der Waals surface area contributed by atoms with Gasteiger partial charge in [-0.25, -0.2) is 0 Å². The second kappa shape index (κ2) is 10.3. The number of rotatable bonds is 2. The molecule has 2 N–H and O–H groups in total. The Labute approximate surface area is 228 Å². The Hall–Kier alpha value is -1.36. The number of nitrogens with zero attached hydrogens (tertiary/aromatic N) is 2. The van der Waals surface area contributed by atoms with Gasteiger partial charge >= 0.3 is 206 Å². The fraction of sp³-hybridized carbons (Fsp3) is 0.500. The van der Waals surface area contributed by atoms with Crippen molar-refractivity contribution >= 4 is 12.4 Å². The Morgan fingerprint density at radius 1 is 0.735 bits per heavy atom. The van der Waals surface area contributed by atoms with Gasteiger partial charge in [-0.3, -0.25) is 0 Å². The van der Waals surface area contributed by atoms with Gasteiger partial charge < -0.3 is 24.0 Å². The number of phenolic OH excluding ortho intramolecular Hbond substituents is 2. The molecule has 0 spiro atoms. The van der Waals surface area contributed by atoms with E-state index in [-0.39, 0.29) is 50.5 Å². The van der Waals surface area contributed by atoms with E-state index in [4.69, 9.17) is 0 Å². The van der Waals surface area contributed by atoms with Gasteiger partial charge in [0, 0.05) is 0 Å². The molecule has 1 saturated carbocycles. The third-order valence-corrected chi connectivity index (χ3v) is 8.58. The molecule has 1 heterocycles. The van der Waals surface area contributed by atoms with Crippen LogP contribution in [0.5, 0.6) is 11.5 Å². The number of hydrogen-bond acceptors (Lipinski definition) is 2. The largest absolute Gasteiger partial charge is 1.00 e. The summed E-state index contributed by atoms with van der Waals surface area (Å²) in [4.78, 5) is 0. The Kier molecular flexibility index (Phi) is 8.27. The summed E-state index contributed by atoms with van der Waals surface area (Å²) in [6, 6.07) is 13.1. The average Bonchev–Trinajstić information content (AvgIpc) is 3.07. The molecule has 6 heteroatoms. The van der Waals surface area contributed by atoms with Crippen LogP contribution in [-0.2, 0) is 26.5 Å². The van der Waals surface area contributed by atoms with Crippen molar-refractivity contribution in [1.82, 2.24) is 0 Å². The SMILES string of the molecule is CC(C)(C)c1cccc(C=[N+]2[Cr][N+](=Cc3cccc(C(C)(C)C)c3O)[C@@H]3CCCC[C@H]32)c1O.[I-]. The molecule has 1 aliphatic carbocycles. The fourth-order valence-corrected chi connectivity index (χ4v) is 6.96. The van der Waals surface area contributed by atoms with Crippen molar-refractivity contribution in [2.45, 2.75) is 90.1 Å². The van der Waals surface area contributed by atoms with Gasteiger partial charge in [0.15, 0.2) is 0 Å². The van der Waals surface area contributed by atoms with Crippen LogP contribution < -0.4 is 24.0 Å². The summed E-state index contributed by atoms with van der Waals surface area (Å²) in [5.41, 5.74) is 3.55. The van der Waals surface area contributed by atoms with Crippen LogP contribution in [-0.4, -0.2) is 41.8 Å². The number of halogens is 1. The second-order valence-electron chi connectivity index (χ2n) is 11.5. The number of fused-ring (bicyclic) bond motifs is 1. The Balaban J connectivity index is 0.00000324. The minimum absolute atomic E-state index is 0. The first-order valence-electron chi connectivity index (χ1n) is 12.1. The molecule has 0 unspecified atom stereocenters. The maximum atomic E-state index is 11.0. The first-order chi connectivity index (χ1) is 15.5. The van der Waals surface area contributed by atoms with E-state index in [9.17, 15) is 10.2 Å². The number of aromatic hydroxyl groups is 2. The molecule has 184 valence electrons. The molecule has 2 aromatic rings. The zero-order valence-electron chi connectivity index (χ0n) is 21.2. The van der Waals surface area contributed by atoms with E-state index < -0.39 is 0 Å². The van der Waals surface area contributed by atoms with Crippen LogP contribution in [0, 0.1) is 0 Å². The van der Waals surface area contributed by atoms with Crippen LogP contribution in [0.2, 0.25) is 0 Å². The van der Waals surface area contributed by atoms with Crippen LogP contribution in [0.1, 0.15) is 89.5 Å². The summed E-state index contributed by atoms with van der Waals surface area (Å²) in [5.74, 6) is 0.789. The summed E-state index contributed by atoms with van der Waals surface area (Å²) in [6.45, 7) is 12.8. The molecule has 1 saturated heterocycles. The maximum absolute atomic E-state index is 11.0. The molecule has 2 aliphatic rings. The number of benzene rings is 2. The van der Waals surface area contributed by atoms with Crippen LogP contribution in [0.15, 0.2) is 36.4 Å². The molecule has 2 aromatic carbocycles. The van der Waals surface area contributed by atoms with Crippen LogP contribution in [0.25, 0.3) is 0 Å². The number of para-hydroxylation sites is 2. The van der Waals surface area contributed by atoms with E-state index in [2.05, 4.69) is 61.1 Å². The Morgan fingerprint density at radius 3 is 1.47 bits per heavy atom. The van der Waals surface area contributed by atoms with E-state index in [0.29, 0.717) is 23.6 Å². The van der Waals surface area contributed by atoms with Crippen molar-refractivity contribution in [3.8, 4) is 11.5 Å². The Bertz CT molecular complexity index is 1020. The van der Waals surface area contributed by atoms with E-state index >= 15 is 0 Å². The van der Waals surface area contributed by atoms with Crippen molar-refractivity contribution < 1.29 is 57.0 Å². The van der Waals surface area contributed by atoms with Crippen LogP contribution in [0.3, 0.4) is 0 Å². The monoisotopic (exact) mass is 613 g/mol. The van der Waals surface area contributed by atoms with Crippen LogP contribution in [0.4, 0.5) is 0 Å². The molecule has 0 amide bonds. The van der Waals surface area contributed by atoms with Gasteiger partial charge in [0.25, 0.3) is 0 Å². The average molecular weight is 614 g/mol. The molecule has 2 fully saturated rings. The van der Waals surface area contributed by atoms with E-state index in [1.54, 1.807) is 0 Å². The van der Waals surface area contributed by atoms with E-state index in [1.165, 1.54) is 25.7 Å². The minimum atomic E-state index is -0.104. The third-order valence-electron chi connectivity index (χ3n) is 6.82. The zero-order chi connectivity index (χ0) is 24.0. The predicted octanol–water partition coefficient (Wildman–Crippen LogP) is 2.50. The smallest absolute Gasteiger partial charge is 1.00 e. The first-order valence-corrected chi connectivity index (χ1v) is 13.2. The van der Waals surface area contributed by atoms with Crippen molar-refractivity contribution in [1.29, 1.82) is 0 Å². The van der Waals surface area contributed by atoms with Crippen molar-refractivity contribution in [3.05, 3.63) is 58.7 Å². The summed E-state index contributed by atoms with van der Waals surface area (Å²) >= 11 is 0.0635. The molecule has 2 atom stereocenters. The molecule has 34 heavy (non-hydrogen) atoms. The predicted molar refractivity (Wildman–Crippen MR) is 131 cm³/mol. The Morgan fingerprint density at radius 2 is 1.12 bits per heavy atom. The van der Waals surface area contributed by atoms with E-state index in [0.717, 1.165) is 22.3 Å². The molecular weight excluding hydrogens is 575 g/mol. The van der Waals surface area contributed by atoms with Crippen molar-refractivity contribution in [2.24, 2.45) is 0 Å². The molecule has 0 bridgehead atoms. The second-order valence-corrected chi connectivity index (χ2v) is 13.0. The number of hydrogen-bond donors (Lipinski definition) is 2. The van der Waals surface area contributed by atoms with Gasteiger partial charge in [-0.05, 0) is 0 Å². The van der Waals surface area contributed by atoms with Crippen LogP contribution >= 0.6 is 0 Å². The van der Waals surface area contributed by atoms with Crippen molar-refractivity contribution in [2.75, 3.05) is 0 Å². The summed E-state index contributed by atoms with van der Waals surface area (Å²) in [6.07, 6.45) is 9.17. The van der Waals surface area contributed by atoms with Gasteiger partial charge in [-0.1, -0.05) is 0 Å². The fourth-order valence-electron chi connectivity index (χ4n) is 4.97. The quantitative estimate of drug-likeness (QED) is 0.512. The summed E-state index contributed by atoms with van der Waals surface area (Å²) in [5, 5.41) is 22.0. The topological polar surface area (TPSA) is 46.5 Å². The molecule has 0 radical (unpaired) electrons. The van der Waals surface area contributed by atoms with Gasteiger partial charge in [-0.2, -0.15) is 0 Å². The summed E-state index contributed by atoms with van der Waals surface area (Å²) < 4.78 is 4.92. The van der Waals surface area contributed by atoms with Gasteiger partial charge in [0.1, 0.15) is 0 Å². The van der Waals surface area contributed by atoms with E-state index in [1.807, 2.05) is 36.4 Å². The minimum Gasteiger partial charge on any atom is -1.00 e. The third kappa shape index (κ3) is 5.55. The van der Waals surface area contributed by atoms with Crippen molar-refractivity contribution in [3.63, 3.8) is 0 Å². The van der Waals surface area contributed by atoms with Gasteiger partial charge in [0.2, 0.25) is 0 Å².